The van der Waals surface area contributed by atoms with Crippen LogP contribution in [-0.4, -0.2) is 34.6 Å². The highest BCUT2D eigenvalue weighted by molar-refractivity contribution is 5.77. The number of amides is 1. The lowest BCUT2D eigenvalue weighted by atomic mass is 9.90. The van der Waals surface area contributed by atoms with Crippen molar-refractivity contribution in [3.63, 3.8) is 0 Å². The Hall–Kier alpha value is -0.570. The van der Waals surface area contributed by atoms with E-state index in [1.54, 1.807) is 0 Å². The van der Waals surface area contributed by atoms with Crippen molar-refractivity contribution in [2.75, 3.05) is 6.54 Å². The Balaban J connectivity index is 2.11. The van der Waals surface area contributed by atoms with Gasteiger partial charge in [0.25, 0.3) is 0 Å². The highest BCUT2D eigenvalue weighted by Crippen LogP contribution is 2.26. The number of nitrogens with zero attached hydrogens (tertiary/aromatic N) is 1. The van der Waals surface area contributed by atoms with E-state index < -0.39 is 0 Å². The zero-order valence-electron chi connectivity index (χ0n) is 7.20. The number of carbonyl (C=O) groups is 1. The molecule has 2 heterocycles. The van der Waals surface area contributed by atoms with Crippen LogP contribution in [0.15, 0.2) is 0 Å². The van der Waals surface area contributed by atoms with Gasteiger partial charge in [-0.1, -0.05) is 0 Å². The molecule has 0 aromatic heterocycles. The summed E-state index contributed by atoms with van der Waals surface area (Å²) in [6.07, 6.45) is 4.20. The maximum atomic E-state index is 11.4. The molecule has 68 valence electrons. The van der Waals surface area contributed by atoms with Gasteiger partial charge in [0.15, 0.2) is 0 Å². The summed E-state index contributed by atoms with van der Waals surface area (Å²) in [6, 6.07) is 0.139. The van der Waals surface area contributed by atoms with Gasteiger partial charge in [0.2, 0.25) is 5.91 Å². The van der Waals surface area contributed by atoms with Crippen LogP contribution in [0.2, 0.25) is 0 Å². The minimum absolute atomic E-state index is 0.139. The van der Waals surface area contributed by atoms with E-state index in [0.717, 1.165) is 25.8 Å². The molecule has 0 bridgehead atoms. The Bertz CT molecular complexity index is 193. The Morgan fingerprint density at radius 2 is 2.17 bits per heavy atom. The molecule has 2 fully saturated rings. The van der Waals surface area contributed by atoms with Gasteiger partial charge in [0.1, 0.15) is 0 Å². The Morgan fingerprint density at radius 1 is 1.33 bits per heavy atom. The molecule has 0 spiro atoms. The van der Waals surface area contributed by atoms with Crippen molar-refractivity contribution in [1.82, 2.24) is 4.90 Å². The number of piperidine rings is 2. The predicted molar refractivity (Wildman–Crippen MR) is 44.6 cm³/mol. The van der Waals surface area contributed by atoms with Crippen molar-refractivity contribution in [3.05, 3.63) is 0 Å². The molecule has 2 atom stereocenters. The molecule has 2 aliphatic rings. The molecule has 0 aliphatic carbocycles. The molecule has 0 saturated carbocycles. The monoisotopic (exact) mass is 169 g/mol. The van der Waals surface area contributed by atoms with Gasteiger partial charge in [-0.2, -0.15) is 0 Å². The van der Waals surface area contributed by atoms with Crippen LogP contribution in [0, 0.1) is 0 Å². The number of hydrogen-bond acceptors (Lipinski definition) is 2. The van der Waals surface area contributed by atoms with E-state index in [2.05, 4.69) is 0 Å². The molecule has 3 heteroatoms. The summed E-state index contributed by atoms with van der Waals surface area (Å²) in [5.41, 5.74) is 0. The van der Waals surface area contributed by atoms with Gasteiger partial charge < -0.3 is 10.0 Å². The van der Waals surface area contributed by atoms with Crippen molar-refractivity contribution in [1.29, 1.82) is 0 Å². The second-order valence-electron chi connectivity index (χ2n) is 3.76. The van der Waals surface area contributed by atoms with E-state index in [0.29, 0.717) is 12.8 Å². The SMILES string of the molecule is O=C1CC[C@H](O)[C@@H]2CCCCN12. The average molecular weight is 169 g/mol. The van der Waals surface area contributed by atoms with Gasteiger partial charge in [-0.05, 0) is 25.7 Å². The Kier molecular flexibility index (Phi) is 2.05. The van der Waals surface area contributed by atoms with Gasteiger partial charge in [-0.15, -0.1) is 0 Å². The normalized spacial score (nSPS) is 36.4. The Morgan fingerprint density at radius 3 is 2.92 bits per heavy atom. The molecule has 1 amide bonds. The first-order valence-electron chi connectivity index (χ1n) is 4.76. The summed E-state index contributed by atoms with van der Waals surface area (Å²) in [5.74, 6) is 0.241. The van der Waals surface area contributed by atoms with Crippen molar-refractivity contribution >= 4 is 5.91 Å². The van der Waals surface area contributed by atoms with Crippen molar-refractivity contribution < 1.29 is 9.90 Å². The Labute approximate surface area is 72.4 Å². The van der Waals surface area contributed by atoms with Gasteiger partial charge in [-0.3, -0.25) is 4.79 Å². The summed E-state index contributed by atoms with van der Waals surface area (Å²) in [5, 5.41) is 9.63. The first-order valence-corrected chi connectivity index (χ1v) is 4.76. The van der Waals surface area contributed by atoms with Gasteiger partial charge in [-0.25, -0.2) is 0 Å². The lowest BCUT2D eigenvalue weighted by Gasteiger charge is -2.42. The molecule has 0 aromatic carbocycles. The fourth-order valence-corrected chi connectivity index (χ4v) is 2.27. The zero-order chi connectivity index (χ0) is 8.55. The highest BCUT2D eigenvalue weighted by atomic mass is 16.3. The molecule has 0 aromatic rings. The minimum Gasteiger partial charge on any atom is -0.391 e. The third kappa shape index (κ3) is 1.22. The summed E-state index contributed by atoms with van der Waals surface area (Å²) >= 11 is 0. The van der Waals surface area contributed by atoms with E-state index >= 15 is 0 Å². The molecule has 2 aliphatic heterocycles. The van der Waals surface area contributed by atoms with Gasteiger partial charge in [0, 0.05) is 13.0 Å². The molecule has 0 unspecified atom stereocenters. The predicted octanol–water partition coefficient (Wildman–Crippen LogP) is 0.522. The van der Waals surface area contributed by atoms with Crippen LogP contribution in [0.5, 0.6) is 0 Å². The third-order valence-corrected chi connectivity index (χ3v) is 2.97. The topological polar surface area (TPSA) is 40.5 Å². The number of rotatable bonds is 0. The average Bonchev–Trinajstić information content (AvgIpc) is 2.12. The number of fused-ring (bicyclic) bond motifs is 1. The van der Waals surface area contributed by atoms with E-state index in [1.807, 2.05) is 4.90 Å². The first-order chi connectivity index (χ1) is 5.79. The van der Waals surface area contributed by atoms with Crippen molar-refractivity contribution in [3.8, 4) is 0 Å². The third-order valence-electron chi connectivity index (χ3n) is 2.97. The summed E-state index contributed by atoms with van der Waals surface area (Å²) in [4.78, 5) is 13.3. The van der Waals surface area contributed by atoms with Crippen molar-refractivity contribution in [2.45, 2.75) is 44.2 Å². The van der Waals surface area contributed by atoms with Crippen LogP contribution in [0.4, 0.5) is 0 Å². The van der Waals surface area contributed by atoms with E-state index in [1.165, 1.54) is 0 Å². The molecule has 3 nitrogen and oxygen atoms in total. The van der Waals surface area contributed by atoms with Crippen LogP contribution in [0.3, 0.4) is 0 Å². The second kappa shape index (κ2) is 3.05. The number of carbonyl (C=O) groups excluding carboxylic acids is 1. The number of aliphatic hydroxyl groups excluding tert-OH is 1. The molecule has 1 N–H and O–H groups in total. The quantitative estimate of drug-likeness (QED) is 0.574. The first kappa shape index (κ1) is 8.05. The minimum atomic E-state index is -0.261. The van der Waals surface area contributed by atoms with Gasteiger partial charge >= 0.3 is 0 Å². The molecular weight excluding hydrogens is 154 g/mol. The van der Waals surface area contributed by atoms with Crippen LogP contribution in [0.1, 0.15) is 32.1 Å². The molecule has 0 radical (unpaired) electrons. The molecule has 12 heavy (non-hydrogen) atoms. The maximum absolute atomic E-state index is 11.4. The molecule has 2 rings (SSSR count). The smallest absolute Gasteiger partial charge is 0.223 e. The fourth-order valence-electron chi connectivity index (χ4n) is 2.27. The summed E-state index contributed by atoms with van der Waals surface area (Å²) < 4.78 is 0. The van der Waals surface area contributed by atoms with Crippen LogP contribution in [0.25, 0.3) is 0 Å². The number of aliphatic hydroxyl groups is 1. The fraction of sp³-hybridized carbons (Fsp3) is 0.889. The molecular formula is C9H15NO2. The van der Waals surface area contributed by atoms with E-state index in [9.17, 15) is 9.90 Å². The summed E-state index contributed by atoms with van der Waals surface area (Å²) in [6.45, 7) is 0.862. The van der Waals surface area contributed by atoms with E-state index in [4.69, 9.17) is 0 Å². The maximum Gasteiger partial charge on any atom is 0.223 e. The number of hydrogen-bond donors (Lipinski definition) is 1. The lowest BCUT2D eigenvalue weighted by Crippen LogP contribution is -2.53. The van der Waals surface area contributed by atoms with Crippen LogP contribution in [-0.2, 0) is 4.79 Å². The van der Waals surface area contributed by atoms with Crippen LogP contribution < -0.4 is 0 Å². The van der Waals surface area contributed by atoms with E-state index in [-0.39, 0.29) is 18.1 Å². The lowest BCUT2D eigenvalue weighted by molar-refractivity contribution is -0.144. The summed E-state index contributed by atoms with van der Waals surface area (Å²) in [7, 11) is 0. The van der Waals surface area contributed by atoms with Crippen LogP contribution >= 0.6 is 0 Å². The molecule has 2 saturated heterocycles. The van der Waals surface area contributed by atoms with Gasteiger partial charge in [0.05, 0.1) is 12.1 Å². The largest absolute Gasteiger partial charge is 0.391 e. The zero-order valence-corrected chi connectivity index (χ0v) is 7.20. The highest BCUT2D eigenvalue weighted by Gasteiger charge is 2.35. The van der Waals surface area contributed by atoms with Crippen molar-refractivity contribution in [2.24, 2.45) is 0 Å². The second-order valence-corrected chi connectivity index (χ2v) is 3.76. The standard InChI is InChI=1S/C9H15NO2/c11-8-4-5-9(12)10-6-2-1-3-7(8)10/h7-8,11H,1-6H2/t7-,8-/m0/s1.